The minimum Gasteiger partial charge on any atom is -0.479 e. The number of hydrogen-bond acceptors (Lipinski definition) is 28. The highest BCUT2D eigenvalue weighted by Crippen LogP contribution is 2.20. The Morgan fingerprint density at radius 3 is 0.747 bits per heavy atom. The molecule has 0 aliphatic carbocycles. The molecule has 0 radical (unpaired) electrons. The Hall–Kier alpha value is -4.02. The number of aliphatic hydroxyl groups excluding tert-OH is 17. The van der Waals surface area contributed by atoms with Gasteiger partial charge in [-0.2, -0.15) is 10.5 Å². The average Bonchev–Trinajstić information content (AvgIpc) is 3.35. The predicted molar refractivity (Wildman–Crippen MR) is 309 cm³/mol. The van der Waals surface area contributed by atoms with Crippen LogP contribution in [0.25, 0.3) is 0 Å². The van der Waals surface area contributed by atoms with Gasteiger partial charge in [0.1, 0.15) is 24.4 Å². The van der Waals surface area contributed by atoms with Gasteiger partial charge in [0.2, 0.25) is 0 Å². The molecule has 0 spiro atoms. The Bertz CT molecular complexity index is 1470. The second-order valence-electron chi connectivity index (χ2n) is 16.6. The SMILES string of the molecule is C.C.C.C.C.C.C.C.C.C.C.C[C@@H]1OC[C@@H](C#N)[C@@H](O)[C@@H]1O.C[C@@H]1OC[C@@H](C#N)[C@@H](O)[C@@H]1O.O=C(O)[C@H](O)[C@@H](O)C(=O)O.O=C(O)[C@H](O)[C@@H](O)C(=O)O.OC[C@H]1CNC[C@@H](O)[C@@H]1O.OC[C@H]1CNC[C@@H](O)[C@@H]1O.OC[C@H]1CNC[C@@H](O)[C@@H]1O.[H+]. The molecule has 5 aliphatic heterocycles. The maximum Gasteiger partial charge on any atom is 1.00 e. The van der Waals surface area contributed by atoms with Gasteiger partial charge in [-0.3, -0.25) is 0 Å². The van der Waals surface area contributed by atoms with Gasteiger partial charge in [-0.25, -0.2) is 19.2 Å². The summed E-state index contributed by atoms with van der Waals surface area (Å²) in [5.41, 5.74) is 0. The largest absolute Gasteiger partial charge is 1.00 e. The lowest BCUT2D eigenvalue weighted by Crippen LogP contribution is -2.51. The van der Waals surface area contributed by atoms with Crippen LogP contribution in [0.1, 0.15) is 97.0 Å². The van der Waals surface area contributed by atoms with E-state index in [1.165, 1.54) is 0 Å². The van der Waals surface area contributed by atoms with Crippen molar-refractivity contribution < 1.29 is 137 Å². The molecule has 0 aromatic rings. The molecule has 32 heteroatoms. The summed E-state index contributed by atoms with van der Waals surface area (Å²) in [5, 5.41) is 208. The van der Waals surface area contributed by atoms with Crippen LogP contribution in [0.5, 0.6) is 0 Å². The number of nitrogens with one attached hydrogen (secondary N) is 3. The highest BCUT2D eigenvalue weighted by atomic mass is 16.5. The van der Waals surface area contributed by atoms with Crippen molar-refractivity contribution >= 4 is 23.9 Å². The zero-order chi connectivity index (χ0) is 56.2. The third-order valence-corrected chi connectivity index (χ3v) is 11.1. The number of carbonyl (C=O) groups is 4. The smallest absolute Gasteiger partial charge is 0.479 e. The van der Waals surface area contributed by atoms with E-state index in [-0.39, 0.29) is 146 Å². The number of rotatable bonds is 9. The van der Waals surface area contributed by atoms with E-state index in [9.17, 15) is 54.9 Å². The van der Waals surface area contributed by atoms with Crippen molar-refractivity contribution in [2.45, 2.75) is 193 Å². The first-order valence-electron chi connectivity index (χ1n) is 21.9. The molecule has 5 rings (SSSR count). The number of piperidine rings is 3. The normalized spacial score (nSPS) is 30.8. The number of aliphatic carboxylic acids is 4. The molecule has 5 heterocycles. The van der Waals surface area contributed by atoms with E-state index in [1.807, 2.05) is 12.1 Å². The number of nitriles is 2. The van der Waals surface area contributed by atoms with Crippen LogP contribution in [-0.2, 0) is 28.7 Å². The first-order valence-corrected chi connectivity index (χ1v) is 21.9. The Balaban J connectivity index is -0.0000000554. The second kappa shape index (κ2) is 58.4. The first-order chi connectivity index (χ1) is 33.5. The number of carboxylic acids is 4. The molecule has 24 N–H and O–H groups in total. The van der Waals surface area contributed by atoms with Crippen molar-refractivity contribution in [3.8, 4) is 12.1 Å². The lowest BCUT2D eigenvalue weighted by Gasteiger charge is -2.32. The molecule has 32 nitrogen and oxygen atoms in total. The molecular weight excluding hydrogens is 1110 g/mol. The first kappa shape index (κ1) is 110. The van der Waals surface area contributed by atoms with Gasteiger partial charge in [0.05, 0.1) is 86.0 Å². The molecular formula is C51H118N5O27+. The third-order valence-electron chi connectivity index (χ3n) is 11.1. The molecule has 21 atom stereocenters. The van der Waals surface area contributed by atoms with Crippen LogP contribution in [0.15, 0.2) is 0 Å². The highest BCUT2D eigenvalue weighted by Gasteiger charge is 2.38. The van der Waals surface area contributed by atoms with Crippen molar-refractivity contribution in [1.29, 1.82) is 10.5 Å². The Kier molecular flexibility index (Phi) is 77.6. The quantitative estimate of drug-likeness (QED) is 0.103. The summed E-state index contributed by atoms with van der Waals surface area (Å²) in [6.45, 7) is 6.49. The zero-order valence-corrected chi connectivity index (χ0v) is 39.1. The van der Waals surface area contributed by atoms with Gasteiger partial charge in [0.15, 0.2) is 24.4 Å². The van der Waals surface area contributed by atoms with E-state index in [0.29, 0.717) is 39.3 Å². The molecule has 0 amide bonds. The molecule has 0 saturated carbocycles. The molecule has 83 heavy (non-hydrogen) atoms. The fourth-order valence-electron chi connectivity index (χ4n) is 6.14. The summed E-state index contributed by atoms with van der Waals surface area (Å²) < 4.78 is 10.1. The van der Waals surface area contributed by atoms with Crippen LogP contribution in [0.2, 0.25) is 0 Å². The second-order valence-corrected chi connectivity index (χ2v) is 16.6. The molecule has 5 aliphatic rings. The number of carboxylic acid groups (broad SMARTS) is 4. The van der Waals surface area contributed by atoms with Crippen LogP contribution < -0.4 is 16.0 Å². The predicted octanol–water partition coefficient (Wildman–Crippen LogP) is -4.84. The van der Waals surface area contributed by atoms with Crippen LogP contribution in [0, 0.1) is 52.3 Å². The number of aliphatic hydroxyl groups is 17. The number of hydrogen-bond donors (Lipinski definition) is 24. The minimum atomic E-state index is -2.27. The lowest BCUT2D eigenvalue weighted by molar-refractivity contribution is -0.165. The molecule has 5 saturated heterocycles. The average molecular weight is 1230 g/mol. The standard InChI is InChI=1S/2C7H11NO3.3C6H13NO3.2C4H6O6.11CH4/c2*1-4-6(9)7(10)5(2-8)3-11-4;3*8-3-4-1-7-2-5(9)6(4)10;2*5-1(3(7)8)2(6)4(9)10;;;;;;;;;;;/h2*4-7,9-10H,3H2,1H3;3*4-10H,1-3H2;2*1-2,5-6H,(H,7,8)(H,9,10);11*1H4/p+1/t2*4-,5+,6+,7+;3*4-,5-,6-;2*1-,2-;;;;;;;;;;;/m0011111.........../s1. The van der Waals surface area contributed by atoms with Gasteiger partial charge >= 0.3 is 25.3 Å². The number of ether oxygens (including phenoxy) is 2. The van der Waals surface area contributed by atoms with E-state index in [2.05, 4.69) is 16.0 Å². The highest BCUT2D eigenvalue weighted by molar-refractivity contribution is 5.83. The number of nitrogens with zero attached hydrogens (tertiary/aromatic N) is 2. The van der Waals surface area contributed by atoms with E-state index in [1.54, 1.807) is 13.8 Å². The maximum absolute atomic E-state index is 9.77. The Morgan fingerprint density at radius 2 is 0.602 bits per heavy atom. The van der Waals surface area contributed by atoms with Crippen molar-refractivity contribution in [2.75, 3.05) is 72.3 Å². The summed E-state index contributed by atoms with van der Waals surface area (Å²) >= 11 is 0. The summed E-state index contributed by atoms with van der Waals surface area (Å²) in [7, 11) is 0. The lowest BCUT2D eigenvalue weighted by atomic mass is 9.94. The van der Waals surface area contributed by atoms with Gasteiger partial charge in [0, 0.05) is 76.8 Å². The summed E-state index contributed by atoms with van der Waals surface area (Å²) in [6, 6.07) is 3.74. The van der Waals surface area contributed by atoms with Crippen molar-refractivity contribution in [1.82, 2.24) is 16.0 Å². The summed E-state index contributed by atoms with van der Waals surface area (Å²) in [5.74, 6) is -8.92. The van der Waals surface area contributed by atoms with Gasteiger partial charge in [-0.05, 0) is 13.8 Å². The van der Waals surface area contributed by atoms with Crippen LogP contribution in [0.4, 0.5) is 0 Å². The molecule has 0 aromatic carbocycles. The number of β-amino-alcohol motifs (C(OH)–C–C–N with tert-alkyl or cyclic N) is 3. The van der Waals surface area contributed by atoms with E-state index in [0.717, 1.165) is 0 Å². The third kappa shape index (κ3) is 40.1. The van der Waals surface area contributed by atoms with Crippen LogP contribution in [-0.4, -0.2) is 301 Å². The topological polar surface area (TPSA) is 595 Å². The molecule has 0 bridgehead atoms. The zero-order valence-electron chi connectivity index (χ0n) is 40.1. The van der Waals surface area contributed by atoms with E-state index in [4.69, 9.17) is 91.5 Å². The van der Waals surface area contributed by atoms with Gasteiger partial charge in [-0.15, -0.1) is 0 Å². The fourth-order valence-corrected chi connectivity index (χ4v) is 6.14. The molecule has 0 unspecified atom stereocenters. The minimum absolute atomic E-state index is 0. The van der Waals surface area contributed by atoms with Crippen molar-refractivity contribution in [3.05, 3.63) is 0 Å². The van der Waals surface area contributed by atoms with E-state index >= 15 is 0 Å². The van der Waals surface area contributed by atoms with Crippen LogP contribution >= 0.6 is 0 Å². The monoisotopic (exact) mass is 1230 g/mol. The molecule has 0 aromatic heterocycles. The van der Waals surface area contributed by atoms with E-state index < -0.39 is 121 Å². The summed E-state index contributed by atoms with van der Waals surface area (Å²) in [6.07, 6.45) is -18.1. The van der Waals surface area contributed by atoms with Crippen LogP contribution in [0.3, 0.4) is 0 Å². The summed E-state index contributed by atoms with van der Waals surface area (Å²) in [4.78, 5) is 39.1. The Morgan fingerprint density at radius 1 is 0.410 bits per heavy atom. The fraction of sp³-hybridized carbons (Fsp3) is 0.882. The van der Waals surface area contributed by atoms with Gasteiger partial charge in [-0.1, -0.05) is 81.7 Å². The maximum atomic E-state index is 9.77. The molecule has 5 fully saturated rings. The van der Waals surface area contributed by atoms with Crippen molar-refractivity contribution in [3.63, 3.8) is 0 Å². The van der Waals surface area contributed by atoms with Crippen molar-refractivity contribution in [2.24, 2.45) is 29.6 Å². The molecule has 508 valence electrons. The Labute approximate surface area is 494 Å². The van der Waals surface area contributed by atoms with Gasteiger partial charge in [0.25, 0.3) is 0 Å². The van der Waals surface area contributed by atoms with Gasteiger partial charge < -0.3 is 133 Å².